The predicted molar refractivity (Wildman–Crippen MR) is 123 cm³/mol. The number of nitrogens with two attached hydrogens (primary N) is 1. The lowest BCUT2D eigenvalue weighted by molar-refractivity contribution is 0.102. The summed E-state index contributed by atoms with van der Waals surface area (Å²) < 4.78 is 51.3. The van der Waals surface area contributed by atoms with E-state index in [9.17, 15) is 21.6 Å². The van der Waals surface area contributed by atoms with Crippen molar-refractivity contribution in [2.45, 2.75) is 9.79 Å². The molecule has 3 aromatic carbocycles. The van der Waals surface area contributed by atoms with Crippen LogP contribution in [0.25, 0.3) is 10.2 Å². The number of hydrogen-bond acceptors (Lipinski definition) is 7. The van der Waals surface area contributed by atoms with Gasteiger partial charge >= 0.3 is 0 Å². The molecule has 32 heavy (non-hydrogen) atoms. The summed E-state index contributed by atoms with van der Waals surface area (Å²) in [7, 11) is -7.76. The highest BCUT2D eigenvalue weighted by atomic mass is 32.2. The summed E-state index contributed by atoms with van der Waals surface area (Å²) in [6.45, 7) is 0. The van der Waals surface area contributed by atoms with Gasteiger partial charge in [-0.3, -0.25) is 14.8 Å². The zero-order valence-corrected chi connectivity index (χ0v) is 18.7. The number of aromatic nitrogens is 1. The van der Waals surface area contributed by atoms with E-state index < -0.39 is 26.0 Å². The first kappa shape index (κ1) is 21.9. The van der Waals surface area contributed by atoms with Crippen molar-refractivity contribution in [3.8, 4) is 0 Å². The van der Waals surface area contributed by atoms with Gasteiger partial charge in [0.15, 0.2) is 5.13 Å². The van der Waals surface area contributed by atoms with Crippen LogP contribution < -0.4 is 15.2 Å². The maximum absolute atomic E-state index is 12.7. The number of para-hydroxylation sites is 1. The van der Waals surface area contributed by atoms with Crippen LogP contribution in [-0.2, 0) is 20.0 Å². The summed E-state index contributed by atoms with van der Waals surface area (Å²) in [6.07, 6.45) is 0. The zero-order valence-electron chi connectivity index (χ0n) is 16.2. The highest BCUT2D eigenvalue weighted by Crippen LogP contribution is 2.28. The molecular weight excluding hydrogens is 472 g/mol. The molecule has 0 unspecified atom stereocenters. The Morgan fingerprint density at radius 2 is 1.62 bits per heavy atom. The second-order valence-corrected chi connectivity index (χ2v) is 10.9. The zero-order chi connectivity index (χ0) is 22.9. The van der Waals surface area contributed by atoms with Gasteiger partial charge < -0.3 is 0 Å². The second kappa shape index (κ2) is 8.31. The van der Waals surface area contributed by atoms with Gasteiger partial charge in [-0.2, -0.15) is 0 Å². The summed E-state index contributed by atoms with van der Waals surface area (Å²) in [4.78, 5) is 16.8. The molecule has 9 nitrogen and oxygen atoms in total. The number of amides is 1. The molecule has 4 N–H and O–H groups in total. The van der Waals surface area contributed by atoms with Crippen LogP contribution >= 0.6 is 11.3 Å². The summed E-state index contributed by atoms with van der Waals surface area (Å²) >= 11 is 1.07. The van der Waals surface area contributed by atoms with Crippen molar-refractivity contribution < 1.29 is 21.6 Å². The third kappa shape index (κ3) is 4.78. The highest BCUT2D eigenvalue weighted by molar-refractivity contribution is 7.92. The minimum Gasteiger partial charge on any atom is -0.298 e. The molecule has 0 bridgehead atoms. The van der Waals surface area contributed by atoms with Crippen LogP contribution in [0.1, 0.15) is 10.4 Å². The quantitative estimate of drug-likeness (QED) is 0.380. The largest absolute Gasteiger partial charge is 0.298 e. The van der Waals surface area contributed by atoms with Crippen LogP contribution in [0.4, 0.5) is 10.8 Å². The number of fused-ring (bicyclic) bond motifs is 1. The lowest BCUT2D eigenvalue weighted by Gasteiger charge is -2.09. The van der Waals surface area contributed by atoms with E-state index in [2.05, 4.69) is 15.0 Å². The Kier molecular flexibility index (Phi) is 5.69. The molecule has 0 aliphatic carbocycles. The fourth-order valence-electron chi connectivity index (χ4n) is 2.83. The van der Waals surface area contributed by atoms with Crippen molar-refractivity contribution in [2.24, 2.45) is 5.14 Å². The van der Waals surface area contributed by atoms with Crippen LogP contribution in [0.2, 0.25) is 0 Å². The van der Waals surface area contributed by atoms with E-state index in [-0.39, 0.29) is 20.5 Å². The monoisotopic (exact) mass is 488 g/mol. The summed E-state index contributed by atoms with van der Waals surface area (Å²) in [5.74, 6) is -0.563. The topological polar surface area (TPSA) is 148 Å². The molecule has 1 amide bonds. The number of carbonyl (C=O) groups is 1. The number of rotatable bonds is 6. The molecule has 0 saturated carbocycles. The molecule has 1 heterocycles. The Morgan fingerprint density at radius 3 is 2.34 bits per heavy atom. The van der Waals surface area contributed by atoms with Crippen molar-refractivity contribution in [2.75, 3.05) is 10.0 Å². The number of primary sulfonamides is 1. The van der Waals surface area contributed by atoms with Crippen LogP contribution in [0.15, 0.2) is 82.6 Å². The molecule has 0 aliphatic rings. The number of thiazole rings is 1. The molecule has 4 rings (SSSR count). The summed E-state index contributed by atoms with van der Waals surface area (Å²) in [5, 5.41) is 7.98. The Hall–Kier alpha value is -3.32. The van der Waals surface area contributed by atoms with Gasteiger partial charge in [-0.05, 0) is 48.5 Å². The van der Waals surface area contributed by atoms with E-state index in [0.717, 1.165) is 11.3 Å². The molecule has 1 aromatic heterocycles. The highest BCUT2D eigenvalue weighted by Gasteiger charge is 2.18. The van der Waals surface area contributed by atoms with Gasteiger partial charge in [0.2, 0.25) is 10.0 Å². The molecule has 0 aliphatic heterocycles. The Labute approximate surface area is 188 Å². The van der Waals surface area contributed by atoms with Gasteiger partial charge in [-0.25, -0.2) is 27.0 Å². The number of nitrogens with one attached hydrogen (secondary N) is 2. The van der Waals surface area contributed by atoms with Crippen molar-refractivity contribution in [1.82, 2.24) is 4.98 Å². The van der Waals surface area contributed by atoms with Crippen molar-refractivity contribution >= 4 is 58.3 Å². The fourth-order valence-corrected chi connectivity index (χ4v) is 5.45. The van der Waals surface area contributed by atoms with E-state index >= 15 is 0 Å². The van der Waals surface area contributed by atoms with Gasteiger partial charge in [0.1, 0.15) is 0 Å². The van der Waals surface area contributed by atoms with Gasteiger partial charge in [-0.1, -0.05) is 35.6 Å². The first-order valence-electron chi connectivity index (χ1n) is 9.04. The maximum atomic E-state index is 12.7. The molecule has 0 fully saturated rings. The Bertz CT molecular complexity index is 1530. The minimum atomic E-state index is -3.89. The average molecular weight is 489 g/mol. The average Bonchev–Trinajstić information content (AvgIpc) is 3.15. The van der Waals surface area contributed by atoms with Crippen LogP contribution in [0, 0.1) is 0 Å². The van der Waals surface area contributed by atoms with E-state index in [1.54, 1.807) is 30.3 Å². The van der Waals surface area contributed by atoms with E-state index in [1.165, 1.54) is 42.5 Å². The Morgan fingerprint density at radius 1 is 0.875 bits per heavy atom. The minimum absolute atomic E-state index is 0.0599. The molecule has 4 aromatic rings. The second-order valence-electron chi connectivity index (χ2n) is 6.65. The molecule has 0 spiro atoms. The third-order valence-corrected chi connectivity index (χ3v) is 7.56. The smallest absolute Gasteiger partial charge is 0.261 e. The standard InChI is InChI=1S/C20H16N4O5S3/c21-31(26,27)15-9-10-17-18(12-15)30-20(22-17)23-19(25)13-5-4-8-16(11-13)32(28,29)24-14-6-2-1-3-7-14/h1-12,24H,(H2,21,26,27)(H,22,23,25). The Balaban J connectivity index is 1.56. The number of carbonyl (C=O) groups excluding carboxylic acids is 1. The van der Waals surface area contributed by atoms with E-state index in [1.807, 2.05) is 0 Å². The summed E-state index contributed by atoms with van der Waals surface area (Å²) in [6, 6.07) is 18.2. The number of hydrogen-bond donors (Lipinski definition) is 3. The molecule has 12 heteroatoms. The summed E-state index contributed by atoms with van der Waals surface area (Å²) in [5.41, 5.74) is 1.00. The number of benzene rings is 3. The van der Waals surface area contributed by atoms with Crippen LogP contribution in [-0.4, -0.2) is 27.7 Å². The SMILES string of the molecule is NS(=O)(=O)c1ccc2nc(NC(=O)c3cccc(S(=O)(=O)Nc4ccccc4)c3)sc2c1. The molecule has 0 radical (unpaired) electrons. The normalized spacial score (nSPS) is 11.9. The molecule has 164 valence electrons. The van der Waals surface area contributed by atoms with Crippen LogP contribution in [0.5, 0.6) is 0 Å². The molecular formula is C20H16N4O5S3. The number of anilines is 2. The van der Waals surface area contributed by atoms with Crippen LogP contribution in [0.3, 0.4) is 0 Å². The third-order valence-electron chi connectivity index (χ3n) is 4.34. The van der Waals surface area contributed by atoms with Crippen molar-refractivity contribution in [1.29, 1.82) is 0 Å². The van der Waals surface area contributed by atoms with Crippen molar-refractivity contribution in [3.05, 3.63) is 78.4 Å². The van der Waals surface area contributed by atoms with Gasteiger partial charge in [-0.15, -0.1) is 0 Å². The van der Waals surface area contributed by atoms with E-state index in [4.69, 9.17) is 5.14 Å². The fraction of sp³-hybridized carbons (Fsp3) is 0. The number of nitrogens with zero attached hydrogens (tertiary/aromatic N) is 1. The predicted octanol–water partition coefficient (Wildman–Crippen LogP) is 3.00. The molecule has 0 saturated heterocycles. The van der Waals surface area contributed by atoms with E-state index in [0.29, 0.717) is 15.9 Å². The number of sulfonamides is 2. The lowest BCUT2D eigenvalue weighted by Crippen LogP contribution is -2.15. The first-order chi connectivity index (χ1) is 15.1. The van der Waals surface area contributed by atoms with Gasteiger partial charge in [0.25, 0.3) is 15.9 Å². The van der Waals surface area contributed by atoms with Crippen molar-refractivity contribution in [3.63, 3.8) is 0 Å². The van der Waals surface area contributed by atoms with Gasteiger partial charge in [0.05, 0.1) is 20.0 Å². The lowest BCUT2D eigenvalue weighted by atomic mass is 10.2. The van der Waals surface area contributed by atoms with Gasteiger partial charge in [0, 0.05) is 11.3 Å². The maximum Gasteiger partial charge on any atom is 0.261 e. The molecule has 0 atom stereocenters. The first-order valence-corrected chi connectivity index (χ1v) is 12.9.